The highest BCUT2D eigenvalue weighted by molar-refractivity contribution is 8.25. The summed E-state index contributed by atoms with van der Waals surface area (Å²) in [5.74, 6) is 0. The summed E-state index contributed by atoms with van der Waals surface area (Å²) >= 11 is 6.27. The summed E-state index contributed by atoms with van der Waals surface area (Å²) in [4.78, 5) is 0. The Labute approximate surface area is 124 Å². The zero-order valence-corrected chi connectivity index (χ0v) is 13.6. The second kappa shape index (κ2) is 4.80. The number of hydrogen-bond donors (Lipinski definition) is 0. The van der Waals surface area contributed by atoms with Crippen LogP contribution in [0.15, 0.2) is 55.0 Å². The van der Waals surface area contributed by atoms with Gasteiger partial charge in [-0.3, -0.25) is 0 Å². The monoisotopic (exact) mass is 303 g/mol. The molecule has 0 amide bonds. The molecule has 20 heavy (non-hydrogen) atoms. The third kappa shape index (κ3) is 1.83. The van der Waals surface area contributed by atoms with Crippen molar-refractivity contribution in [2.24, 2.45) is 21.1 Å². The van der Waals surface area contributed by atoms with Crippen LogP contribution in [0.1, 0.15) is 0 Å². The highest BCUT2D eigenvalue weighted by Crippen LogP contribution is 2.42. The Morgan fingerprint density at radius 3 is 1.20 bits per heavy atom. The molecule has 3 aromatic heterocycles. The Morgan fingerprint density at radius 1 is 0.700 bits per heavy atom. The van der Waals surface area contributed by atoms with Crippen LogP contribution in [0.4, 0.5) is 0 Å². The molecular weight excluding hydrogens is 285 g/mol. The van der Waals surface area contributed by atoms with Gasteiger partial charge in [-0.1, -0.05) is 11.8 Å². The van der Waals surface area contributed by atoms with Gasteiger partial charge in [0.2, 0.25) is 0 Å². The van der Waals surface area contributed by atoms with E-state index in [9.17, 15) is 0 Å². The highest BCUT2D eigenvalue weighted by atomic mass is 32.4. The van der Waals surface area contributed by atoms with Crippen molar-refractivity contribution in [1.29, 1.82) is 0 Å². The maximum absolute atomic E-state index is 6.27. The summed E-state index contributed by atoms with van der Waals surface area (Å²) in [6.07, 6.45) is 6.22. The van der Waals surface area contributed by atoms with Gasteiger partial charge in [0.05, 0.1) is 22.3 Å². The molecule has 0 N–H and O–H groups in total. The minimum Gasteiger partial charge on any atom is -0.350 e. The Balaban J connectivity index is 2.36. The summed E-state index contributed by atoms with van der Waals surface area (Å²) < 4.78 is 6.46. The van der Waals surface area contributed by atoms with E-state index in [0.29, 0.717) is 0 Å². The topological polar surface area (TPSA) is 14.8 Å². The van der Waals surface area contributed by atoms with Crippen molar-refractivity contribution in [2.75, 3.05) is 0 Å². The van der Waals surface area contributed by atoms with E-state index >= 15 is 0 Å². The molecule has 3 aromatic rings. The van der Waals surface area contributed by atoms with Gasteiger partial charge in [0, 0.05) is 39.7 Å². The van der Waals surface area contributed by atoms with E-state index in [0.717, 1.165) is 0 Å². The molecule has 0 radical (unpaired) electrons. The lowest BCUT2D eigenvalue weighted by Crippen LogP contribution is -2.34. The summed E-state index contributed by atoms with van der Waals surface area (Å²) in [5, 5.41) is 0. The van der Waals surface area contributed by atoms with E-state index in [4.69, 9.17) is 11.8 Å². The van der Waals surface area contributed by atoms with Gasteiger partial charge in [-0.05, 0) is 36.4 Å². The molecule has 3 heterocycles. The summed E-state index contributed by atoms with van der Waals surface area (Å²) in [6.45, 7) is 0. The van der Waals surface area contributed by atoms with Crippen molar-refractivity contribution in [3.05, 3.63) is 55.0 Å². The maximum Gasteiger partial charge on any atom is 0.0857 e. The first-order valence-electron chi connectivity index (χ1n) is 6.51. The van der Waals surface area contributed by atoms with Gasteiger partial charge >= 0.3 is 0 Å². The fourth-order valence-corrected chi connectivity index (χ4v) is 7.52. The number of aromatic nitrogens is 3. The van der Waals surface area contributed by atoms with Crippen LogP contribution < -0.4 is 16.3 Å². The van der Waals surface area contributed by atoms with Gasteiger partial charge in [-0.2, -0.15) is 0 Å². The first-order valence-corrected chi connectivity index (χ1v) is 9.31. The van der Waals surface area contributed by atoms with E-state index < -0.39 is 6.04 Å². The molecule has 0 fully saturated rings. The molecule has 0 aliphatic carbocycles. The second-order valence-corrected chi connectivity index (χ2v) is 9.28. The van der Waals surface area contributed by atoms with Crippen LogP contribution in [0, 0.1) is 0 Å². The van der Waals surface area contributed by atoms with Crippen molar-refractivity contribution in [1.82, 2.24) is 13.7 Å². The largest absolute Gasteiger partial charge is 0.350 e. The van der Waals surface area contributed by atoms with Crippen LogP contribution in [0.5, 0.6) is 0 Å². The van der Waals surface area contributed by atoms with Crippen molar-refractivity contribution >= 4 is 34.1 Å². The molecule has 0 atom stereocenters. The second-order valence-electron chi connectivity index (χ2n) is 5.04. The van der Waals surface area contributed by atoms with Gasteiger partial charge in [0.1, 0.15) is 0 Å². The Bertz CT molecular complexity index is 688. The quantitative estimate of drug-likeness (QED) is 0.669. The van der Waals surface area contributed by atoms with Crippen LogP contribution in [0.3, 0.4) is 0 Å². The molecule has 0 unspecified atom stereocenters. The van der Waals surface area contributed by atoms with E-state index in [-0.39, 0.29) is 0 Å². The van der Waals surface area contributed by atoms with Crippen LogP contribution in [-0.4, -0.2) is 13.7 Å². The fourth-order valence-electron chi connectivity index (χ4n) is 2.69. The van der Waals surface area contributed by atoms with Gasteiger partial charge < -0.3 is 13.7 Å². The molecule has 0 aliphatic rings. The van der Waals surface area contributed by atoms with E-state index in [2.05, 4.69) is 89.8 Å². The molecule has 0 saturated heterocycles. The predicted octanol–water partition coefficient (Wildman–Crippen LogP) is 1.46. The molecule has 5 heteroatoms. The van der Waals surface area contributed by atoms with Gasteiger partial charge in [0.25, 0.3) is 0 Å². The lowest BCUT2D eigenvalue weighted by molar-refractivity contribution is 0.941. The third-order valence-corrected chi connectivity index (χ3v) is 8.73. The van der Waals surface area contributed by atoms with E-state index in [1.807, 2.05) is 0 Å². The molecule has 0 aromatic carbocycles. The summed E-state index contributed by atoms with van der Waals surface area (Å²) in [6, 6.07) is 10.7. The molecule has 3 nitrogen and oxygen atoms in total. The average Bonchev–Trinajstić information content (AvgIpc) is 3.10. The van der Waals surface area contributed by atoms with Crippen LogP contribution in [0.2, 0.25) is 0 Å². The minimum absolute atomic E-state index is 1.22. The Kier molecular flexibility index (Phi) is 3.23. The zero-order chi connectivity index (χ0) is 14.3. The minimum atomic E-state index is -2.02. The summed E-state index contributed by atoms with van der Waals surface area (Å²) in [7, 11) is 6.22. The van der Waals surface area contributed by atoms with Crippen molar-refractivity contribution in [2.45, 2.75) is 0 Å². The molecule has 104 valence electrons. The molecular formula is C15H18N3PS. The number of nitrogens with zero attached hydrogens (tertiary/aromatic N) is 3. The third-order valence-electron chi connectivity index (χ3n) is 3.72. The maximum atomic E-state index is 6.27. The zero-order valence-electron chi connectivity index (χ0n) is 11.9. The lowest BCUT2D eigenvalue weighted by Gasteiger charge is -2.25. The lowest BCUT2D eigenvalue weighted by atomic mass is 10.7. The van der Waals surface area contributed by atoms with Gasteiger partial charge in [-0.25, -0.2) is 0 Å². The predicted molar refractivity (Wildman–Crippen MR) is 89.4 cm³/mol. The number of aryl methyl sites for hydroxylation is 3. The van der Waals surface area contributed by atoms with Crippen LogP contribution >= 0.6 is 6.04 Å². The fraction of sp³-hybridized carbons (Fsp3) is 0.200. The van der Waals surface area contributed by atoms with E-state index in [1.165, 1.54) is 16.3 Å². The van der Waals surface area contributed by atoms with Crippen LogP contribution in [-0.2, 0) is 32.9 Å². The van der Waals surface area contributed by atoms with Crippen molar-refractivity contribution in [3.63, 3.8) is 0 Å². The average molecular weight is 303 g/mol. The molecule has 3 rings (SSSR count). The first-order chi connectivity index (χ1) is 9.55. The van der Waals surface area contributed by atoms with Crippen molar-refractivity contribution in [3.8, 4) is 0 Å². The number of hydrogen-bond acceptors (Lipinski definition) is 1. The van der Waals surface area contributed by atoms with Crippen molar-refractivity contribution < 1.29 is 0 Å². The van der Waals surface area contributed by atoms with Gasteiger partial charge in [-0.15, -0.1) is 0 Å². The normalized spacial score (nSPS) is 11.9. The van der Waals surface area contributed by atoms with Crippen LogP contribution in [0.25, 0.3) is 0 Å². The molecule has 0 spiro atoms. The molecule has 0 saturated carbocycles. The van der Waals surface area contributed by atoms with Gasteiger partial charge in [0.15, 0.2) is 0 Å². The molecule has 0 bridgehead atoms. The molecule has 0 aliphatic heterocycles. The first kappa shape index (κ1) is 13.5. The van der Waals surface area contributed by atoms with E-state index in [1.54, 1.807) is 0 Å². The Morgan fingerprint density at radius 2 is 1.00 bits per heavy atom. The summed E-state index contributed by atoms with van der Waals surface area (Å²) in [5.41, 5.74) is 3.66. The standard InChI is InChI=1S/C15H18N3PS/c1-16-10-4-7-13(16)19(20,14-8-5-11-17(14)2)15-9-6-12-18(15)3/h4-12H,1-3H3. The smallest absolute Gasteiger partial charge is 0.0857 e. The number of rotatable bonds is 3. The highest BCUT2D eigenvalue weighted by Gasteiger charge is 2.30. The Hall–Kier alpha value is -1.51. The SMILES string of the molecule is Cn1cccc1P(=S)(c1cccn1C)c1cccn1C.